The van der Waals surface area contributed by atoms with Crippen molar-refractivity contribution >= 4 is 14.3 Å². The lowest BCUT2D eigenvalue weighted by Gasteiger charge is -2.43. The van der Waals surface area contributed by atoms with Gasteiger partial charge in [0.05, 0.1) is 7.11 Å². The number of methoxy groups -OCH3 is 1. The Morgan fingerprint density at radius 3 is 2.43 bits per heavy atom. The Balaban J connectivity index is 2.65. The van der Waals surface area contributed by atoms with E-state index in [4.69, 9.17) is 4.43 Å². The minimum Gasteiger partial charge on any atom is -0.466 e. The lowest BCUT2D eigenvalue weighted by atomic mass is 9.84. The van der Waals surface area contributed by atoms with Crippen LogP contribution < -0.4 is 0 Å². The van der Waals surface area contributed by atoms with Gasteiger partial charge in [-0.25, -0.2) is 4.79 Å². The molecule has 0 bridgehead atoms. The minimum absolute atomic E-state index is 0.247. The molecule has 1 fully saturated rings. The lowest BCUT2D eigenvalue weighted by Crippen LogP contribution is -2.46. The van der Waals surface area contributed by atoms with Crippen molar-refractivity contribution in [3.05, 3.63) is 12.2 Å². The van der Waals surface area contributed by atoms with Crippen LogP contribution >= 0.6 is 0 Å². The molecule has 3 nitrogen and oxygen atoms in total. The number of hydrogen-bond acceptors (Lipinski definition) is 3. The van der Waals surface area contributed by atoms with Crippen molar-refractivity contribution in [2.24, 2.45) is 5.92 Å². The molecule has 21 heavy (non-hydrogen) atoms. The molecule has 0 radical (unpaired) electrons. The number of rotatable bonds is 5. The molecule has 0 heterocycles. The highest BCUT2D eigenvalue weighted by atomic mass is 28.4. The van der Waals surface area contributed by atoms with Crippen molar-refractivity contribution in [2.75, 3.05) is 7.11 Å². The first-order chi connectivity index (χ1) is 9.67. The molecule has 122 valence electrons. The average Bonchev–Trinajstić information content (AvgIpc) is 2.38. The molecule has 0 unspecified atom stereocenters. The molecular formula is C17H32O3Si. The predicted molar refractivity (Wildman–Crippen MR) is 89.8 cm³/mol. The first kappa shape index (κ1) is 18.4. The Morgan fingerprint density at radius 1 is 1.24 bits per heavy atom. The molecule has 1 saturated carbocycles. The molecule has 0 aliphatic heterocycles. The molecule has 0 aromatic rings. The van der Waals surface area contributed by atoms with Crippen molar-refractivity contribution in [2.45, 2.75) is 77.1 Å². The van der Waals surface area contributed by atoms with Crippen molar-refractivity contribution in [3.63, 3.8) is 0 Å². The molecular weight excluding hydrogens is 280 g/mol. The van der Waals surface area contributed by atoms with Gasteiger partial charge in [-0.15, -0.1) is 0 Å². The third-order valence-electron chi connectivity index (χ3n) is 4.99. The van der Waals surface area contributed by atoms with E-state index in [1.807, 2.05) is 6.08 Å². The Kier molecular flexibility index (Phi) is 6.66. The minimum atomic E-state index is -1.72. The maximum Gasteiger partial charge on any atom is 0.330 e. The number of hydrogen-bond donors (Lipinski definition) is 0. The Bertz CT molecular complexity index is 369. The van der Waals surface area contributed by atoms with E-state index in [9.17, 15) is 4.79 Å². The summed E-state index contributed by atoms with van der Waals surface area (Å²) in [6.07, 6.45) is 9.64. The number of ether oxygens (including phenoxy) is 1. The monoisotopic (exact) mass is 312 g/mol. The zero-order chi connectivity index (χ0) is 16.1. The summed E-state index contributed by atoms with van der Waals surface area (Å²) < 4.78 is 11.3. The topological polar surface area (TPSA) is 35.5 Å². The van der Waals surface area contributed by atoms with Crippen LogP contribution in [0.15, 0.2) is 12.2 Å². The standard InChI is InChI=1S/C17H32O3Si/c1-17(2,3)21(5,6)20-15-12-8-7-10-14(15)11-9-13-16(18)19-4/h9,13-15H,7-8,10-12H2,1-6H3/b13-9-/t14-,15+/m1/s1. The van der Waals surface area contributed by atoms with Crippen LogP contribution in [0.1, 0.15) is 52.9 Å². The van der Waals surface area contributed by atoms with Gasteiger partial charge in [-0.05, 0) is 43.3 Å². The van der Waals surface area contributed by atoms with E-state index < -0.39 is 8.32 Å². The summed E-state index contributed by atoms with van der Waals surface area (Å²) in [7, 11) is -0.304. The van der Waals surface area contributed by atoms with E-state index >= 15 is 0 Å². The van der Waals surface area contributed by atoms with E-state index in [-0.39, 0.29) is 11.0 Å². The van der Waals surface area contributed by atoms with Gasteiger partial charge in [0.2, 0.25) is 0 Å². The molecule has 0 amide bonds. The van der Waals surface area contributed by atoms with Crippen molar-refractivity contribution < 1.29 is 14.0 Å². The van der Waals surface area contributed by atoms with E-state index in [1.54, 1.807) is 0 Å². The van der Waals surface area contributed by atoms with E-state index in [0.29, 0.717) is 12.0 Å². The maximum absolute atomic E-state index is 11.2. The fourth-order valence-corrected chi connectivity index (χ4v) is 3.98. The normalized spacial score (nSPS) is 24.3. The molecule has 4 heteroatoms. The van der Waals surface area contributed by atoms with Gasteiger partial charge >= 0.3 is 5.97 Å². The van der Waals surface area contributed by atoms with Crippen molar-refractivity contribution in [1.82, 2.24) is 0 Å². The number of esters is 1. The molecule has 1 rings (SSSR count). The van der Waals surface area contributed by atoms with E-state index in [2.05, 4.69) is 38.6 Å². The van der Waals surface area contributed by atoms with Gasteiger partial charge in [0.25, 0.3) is 0 Å². The summed E-state index contributed by atoms with van der Waals surface area (Å²) in [5.74, 6) is 0.265. The van der Waals surface area contributed by atoms with Gasteiger partial charge in [0, 0.05) is 12.2 Å². The summed E-state index contributed by atoms with van der Waals surface area (Å²) in [6, 6.07) is 0. The predicted octanol–water partition coefficient (Wildman–Crippen LogP) is 4.69. The molecule has 0 saturated heterocycles. The molecule has 1 aliphatic carbocycles. The van der Waals surface area contributed by atoms with Gasteiger partial charge in [-0.3, -0.25) is 0 Å². The van der Waals surface area contributed by atoms with Gasteiger partial charge in [-0.2, -0.15) is 0 Å². The van der Waals surface area contributed by atoms with Crippen LogP contribution in [0.25, 0.3) is 0 Å². The van der Waals surface area contributed by atoms with Gasteiger partial charge in [0.15, 0.2) is 8.32 Å². The number of allylic oxidation sites excluding steroid dienone is 1. The summed E-state index contributed by atoms with van der Waals surface area (Å²) in [4.78, 5) is 11.2. The van der Waals surface area contributed by atoms with Crippen LogP contribution in [0, 0.1) is 5.92 Å². The fraction of sp³-hybridized carbons (Fsp3) is 0.824. The molecule has 0 N–H and O–H groups in total. The summed E-state index contributed by atoms with van der Waals surface area (Å²) in [5.41, 5.74) is 0. The maximum atomic E-state index is 11.2. The van der Waals surface area contributed by atoms with Gasteiger partial charge < -0.3 is 9.16 Å². The number of carbonyl (C=O) groups excluding carboxylic acids is 1. The quantitative estimate of drug-likeness (QED) is 0.420. The Labute approximate surface area is 131 Å². The van der Waals surface area contributed by atoms with E-state index in [1.165, 1.54) is 32.4 Å². The highest BCUT2D eigenvalue weighted by molar-refractivity contribution is 6.74. The van der Waals surface area contributed by atoms with Crippen molar-refractivity contribution in [3.8, 4) is 0 Å². The second-order valence-electron chi connectivity index (χ2n) is 7.62. The van der Waals surface area contributed by atoms with E-state index in [0.717, 1.165) is 12.8 Å². The lowest BCUT2D eigenvalue weighted by molar-refractivity contribution is -0.134. The fourth-order valence-electron chi connectivity index (χ4n) is 2.56. The van der Waals surface area contributed by atoms with Crippen LogP contribution in [0.3, 0.4) is 0 Å². The first-order valence-corrected chi connectivity index (χ1v) is 11.0. The highest BCUT2D eigenvalue weighted by Crippen LogP contribution is 2.40. The van der Waals surface area contributed by atoms with Crippen LogP contribution in [0.2, 0.25) is 18.1 Å². The van der Waals surface area contributed by atoms with Gasteiger partial charge in [0.1, 0.15) is 0 Å². The summed E-state index contributed by atoms with van der Waals surface area (Å²) >= 11 is 0. The van der Waals surface area contributed by atoms with Crippen LogP contribution in [-0.4, -0.2) is 27.5 Å². The zero-order valence-electron chi connectivity index (χ0n) is 14.6. The SMILES string of the molecule is COC(=O)/C=C\C[C@H]1CCCC[C@@H]1O[Si](C)(C)C(C)(C)C. The largest absolute Gasteiger partial charge is 0.466 e. The molecule has 0 aromatic heterocycles. The average molecular weight is 313 g/mol. The highest BCUT2D eigenvalue weighted by Gasteiger charge is 2.40. The number of carbonyl (C=O) groups is 1. The second kappa shape index (κ2) is 7.59. The third-order valence-corrected chi connectivity index (χ3v) is 9.49. The summed E-state index contributed by atoms with van der Waals surface area (Å²) in [6.45, 7) is 11.5. The zero-order valence-corrected chi connectivity index (χ0v) is 15.6. The third kappa shape index (κ3) is 5.59. The Morgan fingerprint density at radius 2 is 1.86 bits per heavy atom. The molecule has 1 aliphatic rings. The first-order valence-electron chi connectivity index (χ1n) is 8.09. The van der Waals surface area contributed by atoms with Crippen LogP contribution in [-0.2, 0) is 14.0 Å². The Hall–Kier alpha value is -0.613. The van der Waals surface area contributed by atoms with Crippen LogP contribution in [0.5, 0.6) is 0 Å². The molecule has 0 spiro atoms. The van der Waals surface area contributed by atoms with Crippen molar-refractivity contribution in [1.29, 1.82) is 0 Å². The summed E-state index contributed by atoms with van der Waals surface area (Å²) in [5, 5.41) is 0.247. The second-order valence-corrected chi connectivity index (χ2v) is 12.4. The molecule has 2 atom stereocenters. The molecule has 0 aromatic carbocycles. The van der Waals surface area contributed by atoms with Crippen LogP contribution in [0.4, 0.5) is 0 Å². The van der Waals surface area contributed by atoms with Gasteiger partial charge in [-0.1, -0.05) is 39.7 Å². The smallest absolute Gasteiger partial charge is 0.330 e.